The van der Waals surface area contributed by atoms with E-state index in [-0.39, 0.29) is 26.3 Å². The van der Waals surface area contributed by atoms with Gasteiger partial charge in [0.1, 0.15) is 0 Å². The average molecular weight is 599 g/mol. The molecule has 0 saturated heterocycles. The molecule has 0 aromatic heterocycles. The second-order valence-corrected chi connectivity index (χ2v) is 8.59. The Hall–Kier alpha value is -0.190. The van der Waals surface area contributed by atoms with Crippen LogP contribution in [-0.4, -0.2) is 6.18 Å². The molecule has 0 fully saturated rings. The van der Waals surface area contributed by atoms with Crippen molar-refractivity contribution >= 4 is 79.0 Å². The predicted molar refractivity (Wildman–Crippen MR) is 108 cm³/mol. The lowest BCUT2D eigenvalue weighted by Crippen LogP contribution is -2.42. The van der Waals surface area contributed by atoms with Crippen molar-refractivity contribution < 1.29 is 18.0 Å². The van der Waals surface area contributed by atoms with Crippen LogP contribution in [0.3, 0.4) is 0 Å². The largest absolute Gasteiger partial charge is 0.428 e. The van der Waals surface area contributed by atoms with Crippen molar-refractivity contribution in [3.05, 3.63) is 70.6 Å². The second kappa shape index (κ2) is 7.33. The minimum Gasteiger partial charge on any atom is -0.265 e. The quantitative estimate of drug-likeness (QED) is 0.288. The summed E-state index contributed by atoms with van der Waals surface area (Å²) in [4.78, 5) is 5.03. The minimum absolute atomic E-state index is 0.0221. The molecule has 138 valence electrons. The lowest BCUT2D eigenvalue weighted by Gasteiger charge is -2.29. The minimum atomic E-state index is -4.78. The number of hydrogen-bond acceptors (Lipinski definition) is 2. The first-order valence-electron chi connectivity index (χ1n) is 6.89. The molecule has 1 heterocycles. The highest BCUT2D eigenvalue weighted by Gasteiger charge is 2.59. The Morgan fingerprint density at radius 3 is 2.23 bits per heavy atom. The van der Waals surface area contributed by atoms with Crippen LogP contribution in [0.1, 0.15) is 11.1 Å². The SMILES string of the molecule is FC(F)(F)C1(c2cc(Cl)c(Cl)c(Cl)c2)C=C(c2ccc(I)c(Br)c2)NO1. The highest BCUT2D eigenvalue weighted by atomic mass is 127. The van der Waals surface area contributed by atoms with Gasteiger partial charge in [0.25, 0.3) is 0 Å². The predicted octanol–water partition coefficient (Wildman–Crippen LogP) is 7.35. The zero-order chi connectivity index (χ0) is 19.3. The third-order valence-corrected chi connectivity index (χ3v) is 7.27. The van der Waals surface area contributed by atoms with Crippen molar-refractivity contribution in [1.29, 1.82) is 0 Å². The van der Waals surface area contributed by atoms with E-state index in [0.29, 0.717) is 5.56 Å². The molecule has 10 heteroatoms. The van der Waals surface area contributed by atoms with Gasteiger partial charge in [-0.25, -0.2) is 0 Å². The number of hydroxylamine groups is 1. The monoisotopic (exact) mass is 597 g/mol. The van der Waals surface area contributed by atoms with Crippen LogP contribution >= 0.6 is 73.3 Å². The average Bonchev–Trinajstić information content (AvgIpc) is 3.01. The van der Waals surface area contributed by atoms with Crippen LogP contribution in [0.2, 0.25) is 15.1 Å². The number of nitrogens with one attached hydrogen (secondary N) is 1. The standard InChI is InChI=1S/C16H7BrCl3F3INO/c17-9-3-7(1-2-12(9)24)13-6-15(26-25-13,16(21,22)23)8-4-10(18)14(20)11(19)5-8/h1-6,25H. The Morgan fingerprint density at radius 2 is 1.69 bits per heavy atom. The molecular formula is C16H7BrCl3F3INO. The molecule has 0 aliphatic carbocycles. The van der Waals surface area contributed by atoms with E-state index in [2.05, 4.69) is 44.0 Å². The Kier molecular flexibility index (Phi) is 5.79. The Balaban J connectivity index is 2.16. The highest BCUT2D eigenvalue weighted by molar-refractivity contribution is 14.1. The first kappa shape index (κ1) is 20.5. The van der Waals surface area contributed by atoms with Crippen LogP contribution in [0.5, 0.6) is 0 Å². The van der Waals surface area contributed by atoms with E-state index in [1.807, 2.05) is 0 Å². The summed E-state index contributed by atoms with van der Waals surface area (Å²) in [5.74, 6) is 0. The maximum Gasteiger partial charge on any atom is 0.428 e. The molecule has 0 bridgehead atoms. The van der Waals surface area contributed by atoms with Gasteiger partial charge in [-0.3, -0.25) is 10.3 Å². The van der Waals surface area contributed by atoms with Gasteiger partial charge in [-0.2, -0.15) is 13.2 Å². The van der Waals surface area contributed by atoms with Gasteiger partial charge in [-0.1, -0.05) is 40.9 Å². The first-order chi connectivity index (χ1) is 12.0. The number of halogens is 8. The summed E-state index contributed by atoms with van der Waals surface area (Å²) in [6, 6.07) is 7.33. The van der Waals surface area contributed by atoms with Gasteiger partial charge in [0.15, 0.2) is 0 Å². The zero-order valence-corrected chi connectivity index (χ0v) is 18.4. The highest BCUT2D eigenvalue weighted by Crippen LogP contribution is 2.49. The maximum absolute atomic E-state index is 14.0. The summed E-state index contributed by atoms with van der Waals surface area (Å²) in [5.41, 5.74) is 0.0233. The lowest BCUT2D eigenvalue weighted by atomic mass is 9.91. The van der Waals surface area contributed by atoms with Gasteiger partial charge in [-0.15, -0.1) is 0 Å². The zero-order valence-electron chi connectivity index (χ0n) is 12.4. The Morgan fingerprint density at radius 1 is 1.08 bits per heavy atom. The second-order valence-electron chi connectivity index (χ2n) is 5.38. The molecule has 0 radical (unpaired) electrons. The molecule has 2 nitrogen and oxygen atoms in total. The Bertz CT molecular complexity index is 899. The first-order valence-corrected chi connectivity index (χ1v) is 9.90. The molecule has 1 aliphatic heterocycles. The topological polar surface area (TPSA) is 21.3 Å². The van der Waals surface area contributed by atoms with Gasteiger partial charge in [0, 0.05) is 19.2 Å². The van der Waals surface area contributed by atoms with Crippen molar-refractivity contribution in [1.82, 2.24) is 5.48 Å². The van der Waals surface area contributed by atoms with Crippen molar-refractivity contribution in [2.75, 3.05) is 0 Å². The summed E-state index contributed by atoms with van der Waals surface area (Å²) in [7, 11) is 0. The Labute approximate surface area is 183 Å². The fraction of sp³-hybridized carbons (Fsp3) is 0.125. The molecule has 2 aromatic carbocycles. The molecule has 0 spiro atoms. The summed E-state index contributed by atoms with van der Waals surface area (Å²) in [5, 5.41) is -0.216. The molecule has 3 rings (SSSR count). The molecule has 1 aliphatic rings. The van der Waals surface area contributed by atoms with Crippen LogP contribution in [0, 0.1) is 3.57 Å². The molecule has 1 N–H and O–H groups in total. The third-order valence-electron chi connectivity index (χ3n) is 3.73. The number of alkyl halides is 3. The van der Waals surface area contributed by atoms with Gasteiger partial charge >= 0.3 is 6.18 Å². The van der Waals surface area contributed by atoms with Crippen LogP contribution in [0.15, 0.2) is 40.9 Å². The lowest BCUT2D eigenvalue weighted by molar-refractivity contribution is -0.269. The number of rotatable bonds is 2. The van der Waals surface area contributed by atoms with Crippen molar-refractivity contribution in [2.24, 2.45) is 0 Å². The summed E-state index contributed by atoms with van der Waals surface area (Å²) in [6.07, 6.45) is -3.82. The van der Waals surface area contributed by atoms with E-state index in [1.54, 1.807) is 18.2 Å². The molecule has 2 aromatic rings. The van der Waals surface area contributed by atoms with E-state index in [9.17, 15) is 13.2 Å². The summed E-state index contributed by atoms with van der Waals surface area (Å²) < 4.78 is 43.5. The maximum atomic E-state index is 14.0. The molecular weight excluding hydrogens is 592 g/mol. The fourth-order valence-electron chi connectivity index (χ4n) is 2.42. The van der Waals surface area contributed by atoms with E-state index in [4.69, 9.17) is 39.6 Å². The molecule has 1 atom stereocenters. The number of hydrogen-bond donors (Lipinski definition) is 1. The van der Waals surface area contributed by atoms with E-state index < -0.39 is 11.8 Å². The van der Waals surface area contributed by atoms with Crippen LogP contribution in [-0.2, 0) is 10.4 Å². The normalized spacial score (nSPS) is 20.1. The number of benzene rings is 2. The van der Waals surface area contributed by atoms with Crippen molar-refractivity contribution in [2.45, 2.75) is 11.8 Å². The van der Waals surface area contributed by atoms with Gasteiger partial charge in [0.2, 0.25) is 5.60 Å². The van der Waals surface area contributed by atoms with E-state index in [0.717, 1.165) is 26.3 Å². The molecule has 0 saturated carbocycles. The molecule has 0 amide bonds. The smallest absolute Gasteiger partial charge is 0.265 e. The van der Waals surface area contributed by atoms with E-state index >= 15 is 0 Å². The van der Waals surface area contributed by atoms with Crippen LogP contribution in [0.4, 0.5) is 13.2 Å². The van der Waals surface area contributed by atoms with Gasteiger partial charge in [-0.05, 0) is 68.9 Å². The summed E-state index contributed by atoms with van der Waals surface area (Å²) >= 11 is 23.1. The van der Waals surface area contributed by atoms with Crippen LogP contribution < -0.4 is 5.48 Å². The van der Waals surface area contributed by atoms with Crippen molar-refractivity contribution in [3.63, 3.8) is 0 Å². The molecule has 1 unspecified atom stereocenters. The van der Waals surface area contributed by atoms with Crippen molar-refractivity contribution in [3.8, 4) is 0 Å². The third kappa shape index (κ3) is 3.58. The van der Waals surface area contributed by atoms with Gasteiger partial charge < -0.3 is 0 Å². The van der Waals surface area contributed by atoms with E-state index in [1.165, 1.54) is 0 Å². The summed E-state index contributed by atoms with van der Waals surface area (Å²) in [6.45, 7) is 0. The molecule has 26 heavy (non-hydrogen) atoms. The fourth-order valence-corrected chi connectivity index (χ4v) is 3.73. The van der Waals surface area contributed by atoms with Crippen LogP contribution in [0.25, 0.3) is 5.70 Å². The van der Waals surface area contributed by atoms with Gasteiger partial charge in [0.05, 0.1) is 20.8 Å².